The van der Waals surface area contributed by atoms with Gasteiger partial charge in [-0.2, -0.15) is 0 Å². The zero-order chi connectivity index (χ0) is 36.4. The number of imide groups is 2. The number of nitro groups is 1. The number of alkyl halides is 2. The number of carbonyl (C=O) groups excluding carboxylic acids is 4. The van der Waals surface area contributed by atoms with Crippen LogP contribution in [0.4, 0.5) is 39.0 Å². The predicted octanol–water partition coefficient (Wildman–Crippen LogP) is 6.42. The Hall–Kier alpha value is -4.60. The number of nitro benzene ring substituents is 1. The third-order valence-electron chi connectivity index (χ3n) is 9.84. The van der Waals surface area contributed by atoms with E-state index in [1.54, 1.807) is 0 Å². The number of amides is 4. The summed E-state index contributed by atoms with van der Waals surface area (Å²) in [6, 6.07) is 8.03. The SMILES string of the molecule is O=C1C2CC=C3C(CC4(Cl)C(=O)N(c5c(F)c(F)c(F)c(F)c5F)C(=O)C4(Cl)C3c3cc(Cl)ccc3O)C2C(=O)N1c1ccc([N+](=O)[O-])cc1. The van der Waals surface area contributed by atoms with Crippen LogP contribution in [0.3, 0.4) is 0 Å². The minimum absolute atomic E-state index is 0.0155. The number of fused-ring (bicyclic) bond motifs is 4. The van der Waals surface area contributed by atoms with Gasteiger partial charge in [-0.05, 0) is 49.1 Å². The van der Waals surface area contributed by atoms with Gasteiger partial charge in [0.15, 0.2) is 33.0 Å². The van der Waals surface area contributed by atoms with E-state index < -0.39 is 109 Å². The van der Waals surface area contributed by atoms with Crippen molar-refractivity contribution in [1.82, 2.24) is 0 Å². The van der Waals surface area contributed by atoms with Gasteiger partial charge in [-0.3, -0.25) is 34.2 Å². The van der Waals surface area contributed by atoms with E-state index in [-0.39, 0.29) is 38.9 Å². The Morgan fingerprint density at radius 3 is 2.02 bits per heavy atom. The minimum atomic E-state index is -2.84. The van der Waals surface area contributed by atoms with E-state index in [4.69, 9.17) is 34.8 Å². The van der Waals surface area contributed by atoms with Crippen molar-refractivity contribution >= 4 is 75.5 Å². The molecule has 10 nitrogen and oxygen atoms in total. The normalized spacial score (nSPS) is 28.8. The lowest BCUT2D eigenvalue weighted by molar-refractivity contribution is -0.384. The molecule has 0 spiro atoms. The molecule has 3 aromatic carbocycles. The molecule has 1 saturated carbocycles. The highest BCUT2D eigenvalue weighted by molar-refractivity contribution is 6.58. The van der Waals surface area contributed by atoms with Crippen LogP contribution in [0.25, 0.3) is 0 Å². The molecule has 2 aliphatic carbocycles. The van der Waals surface area contributed by atoms with Crippen LogP contribution in [0.5, 0.6) is 5.75 Å². The van der Waals surface area contributed by atoms with Gasteiger partial charge in [-0.1, -0.05) is 23.3 Å². The number of anilines is 2. The molecule has 258 valence electrons. The van der Waals surface area contributed by atoms with Gasteiger partial charge in [0.25, 0.3) is 17.5 Å². The smallest absolute Gasteiger partial charge is 0.269 e. The molecule has 0 bridgehead atoms. The molecule has 18 heteroatoms. The summed E-state index contributed by atoms with van der Waals surface area (Å²) in [6.45, 7) is 0. The molecule has 1 N–H and O–H groups in total. The number of phenolic OH excluding ortho intramolecular Hbond substituents is 1. The molecular formula is C32H17Cl3F5N3O7. The summed E-state index contributed by atoms with van der Waals surface area (Å²) >= 11 is 20.3. The summed E-state index contributed by atoms with van der Waals surface area (Å²) in [4.78, 5) is 61.6. The molecule has 3 aromatic rings. The lowest BCUT2D eigenvalue weighted by atomic mass is 9.56. The molecule has 3 fully saturated rings. The predicted molar refractivity (Wildman–Crippen MR) is 165 cm³/mol. The topological polar surface area (TPSA) is 138 Å². The number of benzene rings is 3. The first-order valence-corrected chi connectivity index (χ1v) is 15.7. The number of nitrogens with zero attached hydrogens (tertiary/aromatic N) is 3. The van der Waals surface area contributed by atoms with Gasteiger partial charge >= 0.3 is 0 Å². The van der Waals surface area contributed by atoms with Crippen LogP contribution in [0.2, 0.25) is 5.02 Å². The van der Waals surface area contributed by atoms with Gasteiger partial charge in [-0.25, -0.2) is 26.9 Å². The zero-order valence-electron chi connectivity index (χ0n) is 24.6. The molecule has 0 aromatic heterocycles. The molecule has 6 atom stereocenters. The highest BCUT2D eigenvalue weighted by Gasteiger charge is 2.77. The summed E-state index contributed by atoms with van der Waals surface area (Å²) in [5.74, 6) is -23.4. The Morgan fingerprint density at radius 1 is 0.820 bits per heavy atom. The number of halogens is 8. The van der Waals surface area contributed by atoms with Crippen molar-refractivity contribution in [3.8, 4) is 5.75 Å². The Balaban J connectivity index is 1.42. The minimum Gasteiger partial charge on any atom is -0.508 e. The van der Waals surface area contributed by atoms with Crippen molar-refractivity contribution in [2.24, 2.45) is 17.8 Å². The first-order valence-electron chi connectivity index (χ1n) is 14.6. The van der Waals surface area contributed by atoms with E-state index >= 15 is 8.78 Å². The molecule has 2 saturated heterocycles. The highest BCUT2D eigenvalue weighted by atomic mass is 35.5. The molecule has 0 radical (unpaired) electrons. The summed E-state index contributed by atoms with van der Waals surface area (Å²) in [5, 5.41) is 22.2. The standard InChI is InChI=1S/C32H17Cl3F5N3O7/c33-11-1-8-18(44)16(9-11)20-14-6-7-15-19(28(46)41(27(15)45)12-2-4-13(5-3-12)43(49)50)17(14)10-31(34)29(47)42(30(48)32(20,31)35)26-24(39)22(37)21(36)23(38)25(26)40/h1-6,8-9,15,17,19-20,44H,7,10H2. The Kier molecular flexibility index (Phi) is 7.59. The van der Waals surface area contributed by atoms with Crippen LogP contribution in [-0.2, 0) is 19.2 Å². The highest BCUT2D eigenvalue weighted by Crippen LogP contribution is 2.67. The van der Waals surface area contributed by atoms with Crippen LogP contribution in [0, 0.1) is 57.0 Å². The van der Waals surface area contributed by atoms with Gasteiger partial charge in [0, 0.05) is 28.6 Å². The van der Waals surface area contributed by atoms with Gasteiger partial charge in [0.05, 0.1) is 22.4 Å². The van der Waals surface area contributed by atoms with E-state index in [1.165, 1.54) is 24.3 Å². The Labute approximate surface area is 291 Å². The van der Waals surface area contributed by atoms with Gasteiger partial charge in [0.2, 0.25) is 17.6 Å². The van der Waals surface area contributed by atoms with Crippen LogP contribution in [-0.4, -0.2) is 43.4 Å². The molecule has 2 aliphatic heterocycles. The number of hydrogen-bond acceptors (Lipinski definition) is 7. The lowest BCUT2D eigenvalue weighted by Gasteiger charge is -2.50. The third-order valence-corrected chi connectivity index (χ3v) is 11.5. The quantitative estimate of drug-likeness (QED) is 0.0474. The maximum Gasteiger partial charge on any atom is 0.269 e. The summed E-state index contributed by atoms with van der Waals surface area (Å²) in [5.41, 5.74) is -2.42. The molecule has 7 rings (SSSR count). The fourth-order valence-corrected chi connectivity index (χ4v) is 8.75. The van der Waals surface area contributed by atoms with Crippen LogP contribution >= 0.6 is 34.8 Å². The average molecular weight is 757 g/mol. The van der Waals surface area contributed by atoms with Crippen molar-refractivity contribution in [1.29, 1.82) is 0 Å². The van der Waals surface area contributed by atoms with Gasteiger partial charge < -0.3 is 5.11 Å². The molecule has 2 heterocycles. The first kappa shape index (κ1) is 33.9. The van der Waals surface area contributed by atoms with Crippen molar-refractivity contribution < 1.29 is 51.2 Å². The summed E-state index contributed by atoms with van der Waals surface area (Å²) in [6.07, 6.45) is 0.529. The maximum absolute atomic E-state index is 15.2. The van der Waals surface area contributed by atoms with Gasteiger partial charge in [0.1, 0.15) is 11.4 Å². The fourth-order valence-electron chi connectivity index (χ4n) is 7.65. The summed E-state index contributed by atoms with van der Waals surface area (Å²) in [7, 11) is 0. The van der Waals surface area contributed by atoms with E-state index in [0.717, 1.165) is 29.2 Å². The maximum atomic E-state index is 15.2. The van der Waals surface area contributed by atoms with E-state index in [1.807, 2.05) is 0 Å². The van der Waals surface area contributed by atoms with Crippen molar-refractivity contribution in [2.75, 3.05) is 9.80 Å². The van der Waals surface area contributed by atoms with Crippen molar-refractivity contribution in [3.63, 3.8) is 0 Å². The van der Waals surface area contributed by atoms with Crippen LogP contribution < -0.4 is 9.80 Å². The van der Waals surface area contributed by atoms with Crippen LogP contribution in [0.15, 0.2) is 54.1 Å². The number of hydrogen-bond donors (Lipinski definition) is 1. The number of rotatable bonds is 4. The van der Waals surface area contributed by atoms with Crippen LogP contribution in [0.1, 0.15) is 24.3 Å². The van der Waals surface area contributed by atoms with Crippen molar-refractivity contribution in [3.05, 3.63) is 104 Å². The zero-order valence-corrected chi connectivity index (χ0v) is 26.9. The lowest BCUT2D eigenvalue weighted by Crippen LogP contribution is -2.60. The monoisotopic (exact) mass is 755 g/mol. The number of non-ortho nitro benzene ring substituents is 1. The Morgan fingerprint density at radius 2 is 1.42 bits per heavy atom. The van der Waals surface area contributed by atoms with E-state index in [0.29, 0.717) is 0 Å². The van der Waals surface area contributed by atoms with Crippen molar-refractivity contribution in [2.45, 2.75) is 28.5 Å². The summed E-state index contributed by atoms with van der Waals surface area (Å²) < 4.78 is 73.1. The molecule has 4 aliphatic rings. The third kappa shape index (κ3) is 4.26. The average Bonchev–Trinajstić information content (AvgIpc) is 3.42. The number of phenols is 1. The number of aromatic hydroxyl groups is 1. The number of carbonyl (C=O) groups is 4. The second-order valence-electron chi connectivity index (χ2n) is 12.2. The largest absolute Gasteiger partial charge is 0.508 e. The molecule has 50 heavy (non-hydrogen) atoms. The second-order valence-corrected chi connectivity index (χ2v) is 13.9. The van der Waals surface area contributed by atoms with E-state index in [2.05, 4.69) is 0 Å². The molecule has 6 unspecified atom stereocenters. The Bertz CT molecular complexity index is 2120. The molecular weight excluding hydrogens is 740 g/mol. The van der Waals surface area contributed by atoms with E-state index in [9.17, 15) is 47.6 Å². The number of allylic oxidation sites excluding steroid dienone is 2. The van der Waals surface area contributed by atoms with Gasteiger partial charge in [-0.15, -0.1) is 23.2 Å². The fraction of sp³-hybridized carbons (Fsp3) is 0.250. The molecule has 4 amide bonds. The second kappa shape index (κ2) is 11.2. The first-order chi connectivity index (χ1) is 23.5.